The van der Waals surface area contributed by atoms with E-state index >= 15 is 0 Å². The Balaban J connectivity index is 1.80. The molecule has 1 aliphatic carbocycles. The van der Waals surface area contributed by atoms with Crippen LogP contribution in [0, 0.1) is 5.82 Å². The maximum atomic E-state index is 13.3. The fourth-order valence-corrected chi connectivity index (χ4v) is 4.19. The largest absolute Gasteiger partial charge is 0.323 e. The summed E-state index contributed by atoms with van der Waals surface area (Å²) in [7, 11) is 0. The van der Waals surface area contributed by atoms with E-state index in [-0.39, 0.29) is 11.9 Å². The minimum absolute atomic E-state index is 0.107. The molecule has 0 bridgehead atoms. The number of aryl methyl sites for hydroxylation is 2. The number of nitrogens with two attached hydrogens (primary N) is 1. The average molecular weight is 310 g/mol. The lowest BCUT2D eigenvalue weighted by Crippen LogP contribution is -2.12. The quantitative estimate of drug-likeness (QED) is 0.876. The van der Waals surface area contributed by atoms with E-state index in [2.05, 4.69) is 6.07 Å². The summed E-state index contributed by atoms with van der Waals surface area (Å²) < 4.78 is 13.3. The summed E-state index contributed by atoms with van der Waals surface area (Å²) in [6.45, 7) is 0. The van der Waals surface area contributed by atoms with Crippen molar-refractivity contribution < 1.29 is 4.39 Å². The van der Waals surface area contributed by atoms with Crippen LogP contribution < -0.4 is 5.73 Å². The number of rotatable bonds is 3. The molecule has 2 N–H and O–H groups in total. The molecule has 4 heteroatoms. The van der Waals surface area contributed by atoms with E-state index in [0.29, 0.717) is 11.4 Å². The summed E-state index contributed by atoms with van der Waals surface area (Å²) in [5.74, 6) is -0.262. The molecule has 1 atom stereocenters. The summed E-state index contributed by atoms with van der Waals surface area (Å²) in [6.07, 6.45) is 5.47. The first-order chi connectivity index (χ1) is 9.63. The van der Waals surface area contributed by atoms with Crippen molar-refractivity contribution >= 4 is 22.9 Å². The first kappa shape index (κ1) is 14.1. The number of thiophene rings is 1. The van der Waals surface area contributed by atoms with E-state index < -0.39 is 0 Å². The van der Waals surface area contributed by atoms with E-state index in [1.54, 1.807) is 6.07 Å². The van der Waals surface area contributed by atoms with Crippen LogP contribution in [0.1, 0.15) is 39.8 Å². The highest BCUT2D eigenvalue weighted by Gasteiger charge is 2.18. The predicted molar refractivity (Wildman–Crippen MR) is 83.0 cm³/mol. The molecule has 106 valence electrons. The zero-order chi connectivity index (χ0) is 14.1. The van der Waals surface area contributed by atoms with Crippen LogP contribution in [0.15, 0.2) is 24.3 Å². The lowest BCUT2D eigenvalue weighted by Gasteiger charge is -2.11. The highest BCUT2D eigenvalue weighted by molar-refractivity contribution is 7.12. The molecule has 0 radical (unpaired) electrons. The van der Waals surface area contributed by atoms with Crippen molar-refractivity contribution in [1.82, 2.24) is 0 Å². The molecule has 20 heavy (non-hydrogen) atoms. The van der Waals surface area contributed by atoms with E-state index in [1.165, 1.54) is 53.1 Å². The van der Waals surface area contributed by atoms with Crippen molar-refractivity contribution in [3.05, 3.63) is 56.0 Å². The SMILES string of the molecule is NC(Cc1cc(F)ccc1Cl)c1cc2c(s1)CCCC2. The molecule has 1 unspecified atom stereocenters. The second-order valence-corrected chi connectivity index (χ2v) is 6.93. The van der Waals surface area contributed by atoms with Crippen LogP contribution in [0.25, 0.3) is 0 Å². The summed E-state index contributed by atoms with van der Waals surface area (Å²) in [4.78, 5) is 2.67. The topological polar surface area (TPSA) is 26.0 Å². The Morgan fingerprint density at radius 1 is 1.25 bits per heavy atom. The molecule has 2 aromatic rings. The van der Waals surface area contributed by atoms with E-state index in [9.17, 15) is 4.39 Å². The van der Waals surface area contributed by atoms with E-state index in [4.69, 9.17) is 17.3 Å². The van der Waals surface area contributed by atoms with Gasteiger partial charge in [0.15, 0.2) is 0 Å². The van der Waals surface area contributed by atoms with Crippen LogP contribution in [-0.4, -0.2) is 0 Å². The summed E-state index contributed by atoms with van der Waals surface area (Å²) in [5.41, 5.74) is 8.53. The number of fused-ring (bicyclic) bond motifs is 1. The standard InChI is InChI=1S/C16H17ClFNS/c17-13-6-5-12(18)7-11(13)8-14(19)16-9-10-3-1-2-4-15(10)20-16/h5-7,9,14H,1-4,8,19H2. The monoisotopic (exact) mass is 309 g/mol. The summed E-state index contributed by atoms with van der Waals surface area (Å²) in [6, 6.07) is 6.58. The number of hydrogen-bond donors (Lipinski definition) is 1. The van der Waals surface area contributed by atoms with Gasteiger partial charge in [-0.1, -0.05) is 11.6 Å². The fourth-order valence-electron chi connectivity index (χ4n) is 2.73. The van der Waals surface area contributed by atoms with Gasteiger partial charge in [-0.05, 0) is 67.5 Å². The normalized spacial score (nSPS) is 15.9. The first-order valence-corrected chi connectivity index (χ1v) is 8.14. The van der Waals surface area contributed by atoms with E-state index in [1.807, 2.05) is 11.3 Å². The number of hydrogen-bond acceptors (Lipinski definition) is 2. The Hall–Kier alpha value is -0.900. The van der Waals surface area contributed by atoms with Gasteiger partial charge in [0.2, 0.25) is 0 Å². The maximum Gasteiger partial charge on any atom is 0.123 e. The van der Waals surface area contributed by atoms with Crippen molar-refractivity contribution in [2.45, 2.75) is 38.1 Å². The molecule has 1 aliphatic rings. The number of halogens is 2. The van der Waals surface area contributed by atoms with Crippen LogP contribution in [0.2, 0.25) is 5.02 Å². The molecular weight excluding hydrogens is 293 g/mol. The van der Waals surface area contributed by atoms with Crippen molar-refractivity contribution in [1.29, 1.82) is 0 Å². The predicted octanol–water partition coefficient (Wildman–Crippen LogP) is 4.66. The Labute approximate surface area is 127 Å². The second kappa shape index (κ2) is 5.84. The van der Waals surface area contributed by atoms with Gasteiger partial charge in [-0.3, -0.25) is 0 Å². The van der Waals surface area contributed by atoms with Gasteiger partial charge < -0.3 is 5.73 Å². The third-order valence-electron chi connectivity index (χ3n) is 3.83. The molecule has 0 saturated carbocycles. The molecule has 0 spiro atoms. The van der Waals surface area contributed by atoms with Crippen LogP contribution in [0.5, 0.6) is 0 Å². The minimum atomic E-state index is -0.262. The molecule has 0 fully saturated rings. The molecule has 0 saturated heterocycles. The zero-order valence-corrected chi connectivity index (χ0v) is 12.7. The van der Waals surface area contributed by atoms with Crippen LogP contribution in [0.3, 0.4) is 0 Å². The fraction of sp³-hybridized carbons (Fsp3) is 0.375. The first-order valence-electron chi connectivity index (χ1n) is 6.94. The highest BCUT2D eigenvalue weighted by Crippen LogP contribution is 2.34. The van der Waals surface area contributed by atoms with Crippen molar-refractivity contribution in [3.63, 3.8) is 0 Å². The Morgan fingerprint density at radius 2 is 2.05 bits per heavy atom. The van der Waals surface area contributed by atoms with Gasteiger partial charge in [0.05, 0.1) is 0 Å². The van der Waals surface area contributed by atoms with Gasteiger partial charge in [-0.15, -0.1) is 11.3 Å². The van der Waals surface area contributed by atoms with Gasteiger partial charge in [-0.25, -0.2) is 4.39 Å². The van der Waals surface area contributed by atoms with Gasteiger partial charge in [-0.2, -0.15) is 0 Å². The molecule has 1 aromatic heterocycles. The Morgan fingerprint density at radius 3 is 2.85 bits per heavy atom. The maximum absolute atomic E-state index is 13.3. The Bertz CT molecular complexity index is 599. The van der Waals surface area contributed by atoms with Crippen LogP contribution >= 0.6 is 22.9 Å². The van der Waals surface area contributed by atoms with Crippen LogP contribution in [0.4, 0.5) is 4.39 Å². The summed E-state index contributed by atoms with van der Waals surface area (Å²) in [5, 5.41) is 0.586. The highest BCUT2D eigenvalue weighted by atomic mass is 35.5. The molecule has 0 amide bonds. The summed E-state index contributed by atoms with van der Waals surface area (Å²) >= 11 is 7.92. The molecular formula is C16H17ClFNS. The van der Waals surface area contributed by atoms with Crippen molar-refractivity contribution in [2.75, 3.05) is 0 Å². The molecule has 0 aliphatic heterocycles. The number of benzene rings is 1. The molecule has 3 rings (SSSR count). The van der Waals surface area contributed by atoms with Crippen molar-refractivity contribution in [3.8, 4) is 0 Å². The third-order valence-corrected chi connectivity index (χ3v) is 5.57. The smallest absolute Gasteiger partial charge is 0.123 e. The van der Waals surface area contributed by atoms with Gasteiger partial charge >= 0.3 is 0 Å². The van der Waals surface area contributed by atoms with Crippen LogP contribution in [-0.2, 0) is 19.3 Å². The zero-order valence-electron chi connectivity index (χ0n) is 11.2. The van der Waals surface area contributed by atoms with Crippen molar-refractivity contribution in [2.24, 2.45) is 5.73 Å². The van der Waals surface area contributed by atoms with Gasteiger partial charge in [0.1, 0.15) is 5.82 Å². The minimum Gasteiger partial charge on any atom is -0.323 e. The molecule has 1 aromatic carbocycles. The average Bonchev–Trinajstić information content (AvgIpc) is 2.87. The second-order valence-electron chi connectivity index (χ2n) is 5.35. The lowest BCUT2D eigenvalue weighted by molar-refractivity contribution is 0.622. The third kappa shape index (κ3) is 2.90. The Kier molecular flexibility index (Phi) is 4.11. The van der Waals surface area contributed by atoms with Gasteiger partial charge in [0, 0.05) is 20.8 Å². The van der Waals surface area contributed by atoms with E-state index in [0.717, 1.165) is 5.56 Å². The van der Waals surface area contributed by atoms with Gasteiger partial charge in [0.25, 0.3) is 0 Å². The molecule has 1 nitrogen and oxygen atoms in total. The molecule has 1 heterocycles. The lowest BCUT2D eigenvalue weighted by atomic mass is 9.98.